The van der Waals surface area contributed by atoms with Crippen LogP contribution < -0.4 is 10.9 Å². The first-order chi connectivity index (χ1) is 15.1. The van der Waals surface area contributed by atoms with E-state index in [4.69, 9.17) is 15.6 Å². The number of methoxy groups -OCH3 is 2. The number of rotatable bonds is 5. The van der Waals surface area contributed by atoms with Crippen LogP contribution in [-0.2, 0) is 20.7 Å². The van der Waals surface area contributed by atoms with Gasteiger partial charge in [0.2, 0.25) is 0 Å². The predicted octanol–water partition coefficient (Wildman–Crippen LogP) is 4.56. The van der Waals surface area contributed by atoms with Crippen LogP contribution in [0.5, 0.6) is 0 Å². The fraction of sp³-hybridized carbons (Fsp3) is 0.400. The van der Waals surface area contributed by atoms with Crippen LogP contribution in [-0.4, -0.2) is 26.8 Å². The molecule has 0 aromatic heterocycles. The number of hydrogen-bond donors (Lipinski definition) is 2. The molecule has 0 aliphatic heterocycles. The molecule has 31 heavy (non-hydrogen) atoms. The highest BCUT2D eigenvalue weighted by molar-refractivity contribution is 7.97. The molecule has 0 radical (unpaired) electrons. The van der Waals surface area contributed by atoms with Crippen molar-refractivity contribution in [3.63, 3.8) is 0 Å². The van der Waals surface area contributed by atoms with Gasteiger partial charge in [-0.3, -0.25) is 9.93 Å². The molecule has 1 fully saturated rings. The van der Waals surface area contributed by atoms with E-state index in [1.165, 1.54) is 43.9 Å². The van der Waals surface area contributed by atoms with Gasteiger partial charge in [0, 0.05) is 28.8 Å². The summed E-state index contributed by atoms with van der Waals surface area (Å²) in [4.78, 5) is 11.9. The Bertz CT molecular complexity index is 882. The van der Waals surface area contributed by atoms with E-state index in [2.05, 4.69) is 28.7 Å². The van der Waals surface area contributed by atoms with Crippen molar-refractivity contribution in [3.05, 3.63) is 59.2 Å². The molecular formula is C25H32N2O3S. The van der Waals surface area contributed by atoms with Gasteiger partial charge >= 0.3 is 5.97 Å². The topological polar surface area (TPSA) is 87.6 Å². The maximum Gasteiger partial charge on any atom is 0.308 e. The average Bonchev–Trinajstić information content (AvgIpc) is 2.83. The summed E-state index contributed by atoms with van der Waals surface area (Å²) in [6, 6.07) is 13.8. The van der Waals surface area contributed by atoms with Gasteiger partial charge in [-0.25, -0.2) is 0 Å². The van der Waals surface area contributed by atoms with Gasteiger partial charge in [-0.2, -0.15) is 0 Å². The van der Waals surface area contributed by atoms with E-state index >= 15 is 0 Å². The van der Waals surface area contributed by atoms with Crippen LogP contribution in [0.15, 0.2) is 47.4 Å². The Morgan fingerprint density at radius 1 is 1.06 bits per heavy atom. The van der Waals surface area contributed by atoms with Crippen molar-refractivity contribution >= 4 is 23.6 Å². The molecule has 0 heterocycles. The summed E-state index contributed by atoms with van der Waals surface area (Å²) in [6.07, 6.45) is 6.65. The molecule has 4 N–H and O–H groups in total. The number of benzene rings is 2. The standard InChI is InChI=1S/C17H18N2OS.C8H14O2/c1-20-11-10-14-4-2-13(3-5-14)6-7-15-8-9-16(21-19)12-17(15)18;1-10-8(9)7-5-3-2-4-6-7/h2-5,8-9,12H,10-11,18-19H2,1H3;7H,2-6H2,1H3. The van der Waals surface area contributed by atoms with Crippen LogP contribution in [0.25, 0.3) is 0 Å². The van der Waals surface area contributed by atoms with E-state index in [0.29, 0.717) is 5.69 Å². The van der Waals surface area contributed by atoms with E-state index in [0.717, 1.165) is 41.9 Å². The molecule has 0 saturated heterocycles. The smallest absolute Gasteiger partial charge is 0.308 e. The second kappa shape index (κ2) is 13.8. The first-order valence-corrected chi connectivity index (χ1v) is 11.4. The number of ether oxygens (including phenoxy) is 2. The monoisotopic (exact) mass is 440 g/mol. The molecule has 1 aliphatic rings. The molecule has 0 amide bonds. The van der Waals surface area contributed by atoms with Crippen molar-refractivity contribution in [1.82, 2.24) is 0 Å². The summed E-state index contributed by atoms with van der Waals surface area (Å²) in [6.45, 7) is 0.729. The van der Waals surface area contributed by atoms with Gasteiger partial charge in [0.15, 0.2) is 0 Å². The van der Waals surface area contributed by atoms with E-state index in [1.54, 1.807) is 7.11 Å². The molecule has 2 aromatic rings. The Balaban J connectivity index is 0.000000285. The molecule has 0 unspecified atom stereocenters. The van der Waals surface area contributed by atoms with Gasteiger partial charge in [0.1, 0.15) is 0 Å². The normalized spacial score (nSPS) is 13.4. The van der Waals surface area contributed by atoms with Gasteiger partial charge in [0.05, 0.1) is 19.6 Å². The van der Waals surface area contributed by atoms with Gasteiger partial charge in [-0.15, -0.1) is 0 Å². The zero-order chi connectivity index (χ0) is 22.5. The van der Waals surface area contributed by atoms with E-state index in [9.17, 15) is 4.79 Å². The number of esters is 1. The molecule has 1 aliphatic carbocycles. The highest BCUT2D eigenvalue weighted by Gasteiger charge is 2.20. The number of carbonyl (C=O) groups is 1. The van der Waals surface area contributed by atoms with Crippen molar-refractivity contribution < 1.29 is 14.3 Å². The average molecular weight is 441 g/mol. The second-order valence-electron chi connectivity index (χ2n) is 7.41. The summed E-state index contributed by atoms with van der Waals surface area (Å²) in [5, 5.41) is 5.50. The van der Waals surface area contributed by atoms with Crippen LogP contribution in [0.1, 0.15) is 48.8 Å². The lowest BCUT2D eigenvalue weighted by Crippen LogP contribution is -2.18. The molecule has 0 spiro atoms. The van der Waals surface area contributed by atoms with Crippen molar-refractivity contribution in [2.24, 2.45) is 11.1 Å². The van der Waals surface area contributed by atoms with Gasteiger partial charge in [-0.05, 0) is 67.1 Å². The Morgan fingerprint density at radius 3 is 2.35 bits per heavy atom. The first-order valence-electron chi connectivity index (χ1n) is 10.5. The van der Waals surface area contributed by atoms with Crippen LogP contribution in [0.2, 0.25) is 0 Å². The largest absolute Gasteiger partial charge is 0.469 e. The molecule has 6 heteroatoms. The third kappa shape index (κ3) is 8.66. The predicted molar refractivity (Wildman–Crippen MR) is 127 cm³/mol. The van der Waals surface area contributed by atoms with Gasteiger partial charge in [0.25, 0.3) is 0 Å². The minimum absolute atomic E-state index is 0.0142. The lowest BCUT2D eigenvalue weighted by atomic mass is 9.89. The van der Waals surface area contributed by atoms with E-state index < -0.39 is 0 Å². The number of carbonyl (C=O) groups excluding carboxylic acids is 1. The highest BCUT2D eigenvalue weighted by Crippen LogP contribution is 2.24. The lowest BCUT2D eigenvalue weighted by Gasteiger charge is -2.18. The van der Waals surface area contributed by atoms with Crippen LogP contribution in [0, 0.1) is 17.8 Å². The highest BCUT2D eigenvalue weighted by atomic mass is 32.2. The zero-order valence-electron chi connectivity index (χ0n) is 18.4. The van der Waals surface area contributed by atoms with Crippen LogP contribution in [0.3, 0.4) is 0 Å². The molecule has 5 nitrogen and oxygen atoms in total. The van der Waals surface area contributed by atoms with Crippen LogP contribution >= 0.6 is 11.9 Å². The summed E-state index contributed by atoms with van der Waals surface area (Å²) in [5.41, 5.74) is 9.63. The maximum atomic E-state index is 10.9. The third-order valence-corrected chi connectivity index (χ3v) is 5.72. The third-order valence-electron chi connectivity index (χ3n) is 5.19. The quantitative estimate of drug-likeness (QED) is 0.307. The molecule has 1 saturated carbocycles. The Kier molecular flexibility index (Phi) is 11.0. The Hall–Kier alpha value is -2.46. The van der Waals surface area contributed by atoms with Crippen molar-refractivity contribution in [2.75, 3.05) is 26.6 Å². The molecule has 0 bridgehead atoms. The number of nitrogens with two attached hydrogens (primary N) is 2. The minimum atomic E-state index is -0.0142. The maximum absolute atomic E-state index is 10.9. The number of hydrogen-bond acceptors (Lipinski definition) is 6. The molecule has 3 rings (SSSR count). The van der Waals surface area contributed by atoms with Gasteiger partial charge < -0.3 is 15.2 Å². The number of anilines is 1. The van der Waals surface area contributed by atoms with E-state index in [1.807, 2.05) is 30.3 Å². The lowest BCUT2D eigenvalue weighted by molar-refractivity contribution is -0.146. The fourth-order valence-electron chi connectivity index (χ4n) is 3.35. The Morgan fingerprint density at radius 2 is 1.77 bits per heavy atom. The summed E-state index contributed by atoms with van der Waals surface area (Å²) in [5.74, 6) is 6.41. The first kappa shape index (κ1) is 24.8. The molecule has 166 valence electrons. The minimum Gasteiger partial charge on any atom is -0.469 e. The summed E-state index contributed by atoms with van der Waals surface area (Å²) >= 11 is 1.18. The van der Waals surface area contributed by atoms with E-state index in [-0.39, 0.29) is 11.9 Å². The van der Waals surface area contributed by atoms with Crippen molar-refractivity contribution in [2.45, 2.75) is 43.4 Å². The number of nitrogen functional groups attached to an aromatic ring is 1. The second-order valence-corrected chi connectivity index (χ2v) is 8.12. The molecule has 0 atom stereocenters. The Labute approximate surface area is 190 Å². The van der Waals surface area contributed by atoms with Crippen molar-refractivity contribution in [1.29, 1.82) is 0 Å². The zero-order valence-corrected chi connectivity index (χ0v) is 19.2. The SMILES string of the molecule is COC(=O)C1CCCCC1.COCCc1ccc(C#Cc2ccc(SN)cc2N)cc1. The molecule has 2 aromatic carbocycles. The summed E-state index contributed by atoms with van der Waals surface area (Å²) < 4.78 is 9.71. The van der Waals surface area contributed by atoms with Crippen molar-refractivity contribution in [3.8, 4) is 11.8 Å². The summed E-state index contributed by atoms with van der Waals surface area (Å²) in [7, 11) is 3.18. The van der Waals surface area contributed by atoms with Crippen LogP contribution in [0.4, 0.5) is 5.69 Å². The fourth-order valence-corrected chi connectivity index (χ4v) is 3.69. The molecular weight excluding hydrogens is 408 g/mol. The van der Waals surface area contributed by atoms with Gasteiger partial charge in [-0.1, -0.05) is 43.2 Å².